The molecule has 25 heavy (non-hydrogen) atoms. The van der Waals surface area contributed by atoms with Gasteiger partial charge in [0, 0.05) is 0 Å². The normalized spacial score (nSPS) is 9.04. The zero-order valence-electron chi connectivity index (χ0n) is 16.2. The maximum Gasteiger partial charge on any atom is -0.0708 e. The van der Waals surface area contributed by atoms with Crippen molar-refractivity contribution in [1.82, 2.24) is 0 Å². The Bertz CT molecular complexity index is 246. The maximum atomic E-state index is 4.66. The van der Waals surface area contributed by atoms with Crippen LogP contribution in [0.2, 0.25) is 8.87 Å². The summed E-state index contributed by atoms with van der Waals surface area (Å²) in [5, 5.41) is 0. The molecule has 0 aromatic heterocycles. The molecule has 148 valence electrons. The second-order valence-corrected chi connectivity index (χ2v) is 12.5. The Morgan fingerprint density at radius 2 is 0.880 bits per heavy atom. The molecular formula is C18H38N2S4Sn. The molecule has 0 radical (unpaired) electrons. The van der Waals surface area contributed by atoms with Crippen molar-refractivity contribution < 1.29 is 0 Å². The summed E-state index contributed by atoms with van der Waals surface area (Å²) in [5.41, 5.74) is 9.31. The smallest absolute Gasteiger partial charge is 0.0708 e. The zero-order valence-corrected chi connectivity index (χ0v) is 22.3. The van der Waals surface area contributed by atoms with Crippen molar-refractivity contribution in [1.29, 1.82) is 0 Å². The molecule has 0 bridgehead atoms. The van der Waals surface area contributed by atoms with Crippen LogP contribution < -0.4 is 11.5 Å². The maximum absolute atomic E-state index is 4.66. The third-order valence-corrected chi connectivity index (χ3v) is 7.45. The van der Waals surface area contributed by atoms with Crippen LogP contribution in [0.25, 0.3) is 0 Å². The molecule has 2 nitrogen and oxygen atoms in total. The Morgan fingerprint density at radius 3 is 1.16 bits per heavy atom. The van der Waals surface area contributed by atoms with E-state index in [0.717, 1.165) is 0 Å². The van der Waals surface area contributed by atoms with E-state index in [9.17, 15) is 0 Å². The standard InChI is InChI=1S/2C8H17.2CH3NS2.Sn/c2*1-3-5-7-8-6-4-2;2*2-1(3)4;/h2*1,3-8H2,2H3;2*(H3,2,3,4);/q;;;;+2/p-2. The second-order valence-electron chi connectivity index (χ2n) is 5.92. The van der Waals surface area contributed by atoms with Gasteiger partial charge in [-0.3, -0.25) is 0 Å². The van der Waals surface area contributed by atoms with Crippen LogP contribution in [0.15, 0.2) is 0 Å². The largest absolute Gasteiger partial charge is 0.415 e. The Labute approximate surface area is 189 Å². The van der Waals surface area contributed by atoms with Crippen molar-refractivity contribution in [3.05, 3.63) is 0 Å². The van der Waals surface area contributed by atoms with E-state index in [1.165, 1.54) is 64.2 Å². The number of nitrogens with two attached hydrogens (primary N) is 2. The van der Waals surface area contributed by atoms with Gasteiger partial charge in [0.2, 0.25) is 0 Å². The molecule has 0 amide bonds. The van der Waals surface area contributed by atoms with Crippen molar-refractivity contribution in [2.75, 3.05) is 0 Å². The molecule has 0 fully saturated rings. The Hall–Kier alpha value is 1.02. The van der Waals surface area contributed by atoms with Crippen molar-refractivity contribution in [3.63, 3.8) is 0 Å². The van der Waals surface area contributed by atoms with Crippen LogP contribution in [0.4, 0.5) is 0 Å². The third kappa shape index (κ3) is 58.8. The Morgan fingerprint density at radius 1 is 0.640 bits per heavy atom. The van der Waals surface area contributed by atoms with Crippen molar-refractivity contribution >= 4 is 79.5 Å². The molecule has 0 aliphatic carbocycles. The summed E-state index contributed by atoms with van der Waals surface area (Å²) in [6.07, 6.45) is 17.8. The number of hydrogen-bond donors (Lipinski definition) is 2. The van der Waals surface area contributed by atoms with Gasteiger partial charge in [-0.1, -0.05) is 8.64 Å². The predicted octanol–water partition coefficient (Wildman–Crippen LogP) is 5.80. The van der Waals surface area contributed by atoms with E-state index < -0.39 is 0 Å². The summed E-state index contributed by atoms with van der Waals surface area (Å²) in [6.45, 7) is 4.60. The predicted molar refractivity (Wildman–Crippen MR) is 130 cm³/mol. The van der Waals surface area contributed by atoms with Crippen LogP contribution in [-0.2, 0) is 25.3 Å². The van der Waals surface area contributed by atoms with Gasteiger partial charge in [-0.05, 0) is 0 Å². The molecule has 0 heterocycles. The van der Waals surface area contributed by atoms with Gasteiger partial charge in [0.25, 0.3) is 0 Å². The number of hydrogen-bond acceptors (Lipinski definition) is 4. The Balaban J connectivity index is -0.000000503. The molecule has 0 aliphatic rings. The van der Waals surface area contributed by atoms with Crippen LogP contribution >= 0.6 is 24.4 Å². The molecule has 0 spiro atoms. The van der Waals surface area contributed by atoms with Crippen LogP contribution in [0, 0.1) is 0 Å². The number of rotatable bonds is 14. The number of unbranched alkanes of at least 4 members (excludes halogenated alkanes) is 10. The molecule has 0 unspecified atom stereocenters. The van der Waals surface area contributed by atoms with Gasteiger partial charge in [-0.25, -0.2) is 0 Å². The first kappa shape index (κ1) is 30.7. The zero-order chi connectivity index (χ0) is 19.8. The van der Waals surface area contributed by atoms with Gasteiger partial charge in [0.15, 0.2) is 0 Å². The van der Waals surface area contributed by atoms with E-state index in [0.29, 0.717) is 0 Å². The summed E-state index contributed by atoms with van der Waals surface area (Å²) < 4.78 is 3.48. The third-order valence-electron chi connectivity index (χ3n) is 3.41. The first-order valence-electron chi connectivity index (χ1n) is 9.52. The van der Waals surface area contributed by atoms with Gasteiger partial charge in [-0.2, -0.15) is 0 Å². The topological polar surface area (TPSA) is 52.0 Å². The van der Waals surface area contributed by atoms with Gasteiger partial charge in [-0.15, -0.1) is 0 Å². The summed E-state index contributed by atoms with van der Waals surface area (Å²) in [6, 6.07) is 0. The summed E-state index contributed by atoms with van der Waals surface area (Å²) in [7, 11) is 0. The van der Waals surface area contributed by atoms with Crippen LogP contribution in [-0.4, -0.2) is 29.8 Å². The van der Waals surface area contributed by atoms with Gasteiger partial charge >= 0.3 is 121 Å². The van der Waals surface area contributed by atoms with Gasteiger partial charge in [0.1, 0.15) is 0 Å². The fourth-order valence-corrected chi connectivity index (χ4v) is 5.75. The van der Waals surface area contributed by atoms with Crippen molar-refractivity contribution in [2.24, 2.45) is 11.5 Å². The molecule has 0 aromatic rings. The fourth-order valence-electron chi connectivity index (χ4n) is 2.19. The minimum absolute atomic E-state index is 0.0736. The van der Waals surface area contributed by atoms with Crippen molar-refractivity contribution in [3.8, 4) is 0 Å². The average Bonchev–Trinajstić information content (AvgIpc) is 2.51. The molecule has 4 N–H and O–H groups in total. The van der Waals surface area contributed by atoms with Gasteiger partial charge in [0.05, 0.1) is 0 Å². The molecule has 0 saturated heterocycles. The Kier molecular flexibility index (Phi) is 36.6. The second kappa shape index (κ2) is 29.8. The fraction of sp³-hybridized carbons (Fsp3) is 0.889. The molecular weight excluding hydrogens is 491 g/mol. The molecule has 0 saturated carbocycles. The monoisotopic (exact) mass is 530 g/mol. The van der Waals surface area contributed by atoms with E-state index >= 15 is 0 Å². The SMILES string of the molecule is CCCCCCC[CH2][Sn+2][CH2]CCCCCCC.NC(=S)[S-].NC(=S)[S-]. The first-order chi connectivity index (χ1) is 11.9. The summed E-state index contributed by atoms with van der Waals surface area (Å²) in [5.74, 6) is 0. The van der Waals surface area contributed by atoms with E-state index in [1.807, 2.05) is 0 Å². The van der Waals surface area contributed by atoms with Crippen molar-refractivity contribution in [2.45, 2.75) is 99.8 Å². The first-order valence-corrected chi connectivity index (χ1v) is 15.2. The molecule has 7 heteroatoms. The van der Waals surface area contributed by atoms with Crippen LogP contribution in [0.3, 0.4) is 0 Å². The van der Waals surface area contributed by atoms with E-state index in [2.05, 4.69) is 75.0 Å². The molecule has 0 rings (SSSR count). The quantitative estimate of drug-likeness (QED) is 0.128. The summed E-state index contributed by atoms with van der Waals surface area (Å²) in [4.78, 5) is 0. The summed E-state index contributed by atoms with van der Waals surface area (Å²) >= 11 is 16.6. The molecule has 0 atom stereocenters. The van der Waals surface area contributed by atoms with E-state index in [1.54, 1.807) is 21.7 Å². The average molecular weight is 529 g/mol. The minimum Gasteiger partial charge on any atom is -0.415 e. The van der Waals surface area contributed by atoms with Gasteiger partial charge < -0.3 is 61.2 Å². The van der Waals surface area contributed by atoms with Crippen LogP contribution in [0.5, 0.6) is 0 Å². The number of thiocarbonyl (C=S) groups is 2. The van der Waals surface area contributed by atoms with E-state index in [-0.39, 0.29) is 29.8 Å². The molecule has 0 aromatic carbocycles. The van der Waals surface area contributed by atoms with Crippen LogP contribution in [0.1, 0.15) is 90.9 Å². The minimum atomic E-state index is 0.0736. The van der Waals surface area contributed by atoms with E-state index in [4.69, 9.17) is 0 Å². The molecule has 0 aliphatic heterocycles.